The lowest BCUT2D eigenvalue weighted by Crippen LogP contribution is -2.10. The van der Waals surface area contributed by atoms with Gasteiger partial charge in [0.1, 0.15) is 11.4 Å². The van der Waals surface area contributed by atoms with Crippen LogP contribution in [-0.4, -0.2) is 40.1 Å². The third-order valence-corrected chi connectivity index (χ3v) is 4.18. The number of rotatable bonds is 3. The van der Waals surface area contributed by atoms with Crippen LogP contribution in [0.25, 0.3) is 28.2 Å². The van der Waals surface area contributed by atoms with Crippen LogP contribution in [0.3, 0.4) is 0 Å². The second kappa shape index (κ2) is 7.45. The van der Waals surface area contributed by atoms with Crippen molar-refractivity contribution in [3.05, 3.63) is 78.5 Å². The van der Waals surface area contributed by atoms with Crippen molar-refractivity contribution >= 4 is 5.65 Å². The molecule has 0 spiro atoms. The van der Waals surface area contributed by atoms with E-state index in [2.05, 4.69) is 36.1 Å². The zero-order valence-electron chi connectivity index (χ0n) is 15.4. The van der Waals surface area contributed by atoms with Crippen molar-refractivity contribution in [1.29, 1.82) is 0 Å². The average Bonchev–Trinajstić information content (AvgIpc) is 3.08. The summed E-state index contributed by atoms with van der Waals surface area (Å²) < 4.78 is 1.90. The number of imidazole rings is 1. The van der Waals surface area contributed by atoms with E-state index in [-0.39, 0.29) is 0 Å². The number of hydrogen-bond donors (Lipinski definition) is 0. The molecule has 27 heavy (non-hydrogen) atoms. The molecular formula is C23H20N4. The molecule has 0 saturated carbocycles. The Morgan fingerprint density at radius 2 is 1.52 bits per heavy atom. The zero-order chi connectivity index (χ0) is 18.6. The van der Waals surface area contributed by atoms with Gasteiger partial charge in [0, 0.05) is 11.1 Å². The number of benzene rings is 2. The standard InChI is InChI=1S/C23H20N4/c1-26(2)17-9-14-20-15-16-21-24-22(18-10-5-3-6-11-18)23(27(21)25-20)19-12-7-4-8-13-19/h3-8,10-13,15-16H,17H2,1-2H3. The highest BCUT2D eigenvalue weighted by Gasteiger charge is 2.16. The smallest absolute Gasteiger partial charge is 0.155 e. The summed E-state index contributed by atoms with van der Waals surface area (Å²) in [7, 11) is 4.00. The molecule has 0 bridgehead atoms. The van der Waals surface area contributed by atoms with E-state index < -0.39 is 0 Å². The summed E-state index contributed by atoms with van der Waals surface area (Å²) in [6.07, 6.45) is 0. The Kier molecular flexibility index (Phi) is 4.69. The molecule has 0 amide bonds. The molecule has 0 fully saturated rings. The quantitative estimate of drug-likeness (QED) is 0.523. The minimum atomic E-state index is 0.699. The van der Waals surface area contributed by atoms with Crippen LogP contribution in [0.4, 0.5) is 0 Å². The van der Waals surface area contributed by atoms with Gasteiger partial charge in [-0.25, -0.2) is 9.50 Å². The minimum absolute atomic E-state index is 0.699. The highest BCUT2D eigenvalue weighted by atomic mass is 15.3. The van der Waals surface area contributed by atoms with Gasteiger partial charge in [-0.05, 0) is 32.1 Å². The summed E-state index contributed by atoms with van der Waals surface area (Å²) in [5, 5.41) is 4.76. The van der Waals surface area contributed by atoms with E-state index in [0.29, 0.717) is 6.54 Å². The van der Waals surface area contributed by atoms with Gasteiger partial charge in [0.2, 0.25) is 0 Å². The maximum absolute atomic E-state index is 4.85. The first-order chi connectivity index (χ1) is 13.2. The van der Waals surface area contributed by atoms with Crippen molar-refractivity contribution in [2.75, 3.05) is 20.6 Å². The predicted octanol–water partition coefficient (Wildman–Crippen LogP) is 3.98. The van der Waals surface area contributed by atoms with Gasteiger partial charge < -0.3 is 0 Å². The Balaban J connectivity index is 1.91. The number of fused-ring (bicyclic) bond motifs is 1. The molecule has 0 aliphatic carbocycles. The predicted molar refractivity (Wildman–Crippen MR) is 109 cm³/mol. The van der Waals surface area contributed by atoms with Gasteiger partial charge in [-0.3, -0.25) is 4.90 Å². The highest BCUT2D eigenvalue weighted by molar-refractivity contribution is 5.81. The summed E-state index contributed by atoms with van der Waals surface area (Å²) in [4.78, 5) is 6.89. The van der Waals surface area contributed by atoms with E-state index in [1.807, 2.05) is 72.0 Å². The molecular weight excluding hydrogens is 332 g/mol. The minimum Gasteiger partial charge on any atom is -0.299 e. The molecule has 4 nitrogen and oxygen atoms in total. The van der Waals surface area contributed by atoms with Crippen LogP contribution in [0, 0.1) is 11.8 Å². The summed E-state index contributed by atoms with van der Waals surface area (Å²) in [6.45, 7) is 0.699. The van der Waals surface area contributed by atoms with E-state index in [1.165, 1.54) is 0 Å². The fraction of sp³-hybridized carbons (Fsp3) is 0.130. The van der Waals surface area contributed by atoms with Crippen LogP contribution >= 0.6 is 0 Å². The Labute approximate surface area is 159 Å². The Bertz CT molecular complexity index is 1120. The maximum atomic E-state index is 4.85. The van der Waals surface area contributed by atoms with Gasteiger partial charge in [-0.2, -0.15) is 5.10 Å². The topological polar surface area (TPSA) is 33.4 Å². The van der Waals surface area contributed by atoms with E-state index in [1.54, 1.807) is 0 Å². The third kappa shape index (κ3) is 3.59. The summed E-state index contributed by atoms with van der Waals surface area (Å²) in [6, 6.07) is 24.4. The van der Waals surface area contributed by atoms with Crippen molar-refractivity contribution < 1.29 is 0 Å². The third-order valence-electron chi connectivity index (χ3n) is 4.18. The molecule has 2 aromatic heterocycles. The first kappa shape index (κ1) is 17.0. The second-order valence-electron chi connectivity index (χ2n) is 6.57. The molecule has 132 valence electrons. The fourth-order valence-corrected chi connectivity index (χ4v) is 2.94. The lowest BCUT2D eigenvalue weighted by atomic mass is 10.1. The Morgan fingerprint density at radius 1 is 0.852 bits per heavy atom. The summed E-state index contributed by atoms with van der Waals surface area (Å²) in [5.41, 5.74) is 5.60. The van der Waals surface area contributed by atoms with Crippen LogP contribution in [-0.2, 0) is 0 Å². The van der Waals surface area contributed by atoms with Gasteiger partial charge in [0.25, 0.3) is 0 Å². The van der Waals surface area contributed by atoms with Crippen LogP contribution in [0.5, 0.6) is 0 Å². The lowest BCUT2D eigenvalue weighted by Gasteiger charge is -2.05. The summed E-state index contributed by atoms with van der Waals surface area (Å²) in [5.74, 6) is 6.29. The summed E-state index contributed by atoms with van der Waals surface area (Å²) >= 11 is 0. The molecule has 0 N–H and O–H groups in total. The monoisotopic (exact) mass is 352 g/mol. The van der Waals surface area contributed by atoms with Gasteiger partial charge >= 0.3 is 0 Å². The molecule has 4 aromatic rings. The van der Waals surface area contributed by atoms with Crippen molar-refractivity contribution in [1.82, 2.24) is 19.5 Å². The number of hydrogen-bond acceptors (Lipinski definition) is 3. The van der Waals surface area contributed by atoms with Crippen LogP contribution in [0.1, 0.15) is 5.69 Å². The molecule has 2 aromatic carbocycles. The van der Waals surface area contributed by atoms with Gasteiger partial charge in [0.15, 0.2) is 5.65 Å². The van der Waals surface area contributed by atoms with E-state index in [9.17, 15) is 0 Å². The first-order valence-electron chi connectivity index (χ1n) is 8.86. The van der Waals surface area contributed by atoms with Crippen LogP contribution < -0.4 is 0 Å². The SMILES string of the molecule is CN(C)CC#Cc1ccc2nc(-c3ccccc3)c(-c3ccccc3)n2n1. The molecule has 0 radical (unpaired) electrons. The van der Waals surface area contributed by atoms with Crippen molar-refractivity contribution in [2.24, 2.45) is 0 Å². The molecule has 4 heteroatoms. The molecule has 4 rings (SSSR count). The molecule has 2 heterocycles. The lowest BCUT2D eigenvalue weighted by molar-refractivity contribution is 0.464. The molecule has 0 aliphatic heterocycles. The zero-order valence-corrected chi connectivity index (χ0v) is 15.4. The van der Waals surface area contributed by atoms with Crippen molar-refractivity contribution in [3.8, 4) is 34.4 Å². The maximum Gasteiger partial charge on any atom is 0.155 e. The average molecular weight is 352 g/mol. The number of nitrogens with zero attached hydrogens (tertiary/aromatic N) is 4. The normalized spacial score (nSPS) is 10.8. The van der Waals surface area contributed by atoms with Crippen LogP contribution in [0.15, 0.2) is 72.8 Å². The fourth-order valence-electron chi connectivity index (χ4n) is 2.94. The highest BCUT2D eigenvalue weighted by Crippen LogP contribution is 2.32. The van der Waals surface area contributed by atoms with E-state index in [4.69, 9.17) is 10.1 Å². The molecule has 0 atom stereocenters. The molecule has 0 aliphatic rings. The second-order valence-corrected chi connectivity index (χ2v) is 6.57. The van der Waals surface area contributed by atoms with E-state index >= 15 is 0 Å². The van der Waals surface area contributed by atoms with Gasteiger partial charge in [0.05, 0.1) is 12.2 Å². The van der Waals surface area contributed by atoms with Crippen LogP contribution in [0.2, 0.25) is 0 Å². The first-order valence-corrected chi connectivity index (χ1v) is 8.86. The number of aromatic nitrogens is 3. The van der Waals surface area contributed by atoms with Gasteiger partial charge in [-0.15, -0.1) is 0 Å². The Hall–Kier alpha value is -3.42. The Morgan fingerprint density at radius 3 is 2.19 bits per heavy atom. The van der Waals surface area contributed by atoms with Crippen molar-refractivity contribution in [3.63, 3.8) is 0 Å². The molecule has 0 saturated heterocycles. The van der Waals surface area contributed by atoms with Crippen molar-refractivity contribution in [2.45, 2.75) is 0 Å². The largest absolute Gasteiger partial charge is 0.299 e. The van der Waals surface area contributed by atoms with E-state index in [0.717, 1.165) is 33.9 Å². The molecule has 0 unspecified atom stereocenters. The van der Waals surface area contributed by atoms with Gasteiger partial charge in [-0.1, -0.05) is 66.6 Å².